The van der Waals surface area contributed by atoms with Crippen molar-refractivity contribution in [3.8, 4) is 5.75 Å². The number of aromatic nitrogens is 5. The van der Waals surface area contributed by atoms with Crippen molar-refractivity contribution in [3.63, 3.8) is 0 Å². The minimum Gasteiger partial charge on any atom is -0.491 e. The van der Waals surface area contributed by atoms with E-state index in [1.54, 1.807) is 12.3 Å². The van der Waals surface area contributed by atoms with Crippen LogP contribution in [0.4, 0.5) is 5.82 Å². The first-order valence-electron chi connectivity index (χ1n) is 11.0. The van der Waals surface area contributed by atoms with E-state index in [1.807, 2.05) is 18.2 Å². The molecule has 8 N–H and O–H groups in total. The highest BCUT2D eigenvalue weighted by Gasteiger charge is 2.25. The number of guanidine groups is 1. The summed E-state index contributed by atoms with van der Waals surface area (Å²) in [6.45, 7) is 6.60. The minimum absolute atomic E-state index is 0.0374. The Balaban J connectivity index is 1.58. The van der Waals surface area contributed by atoms with Crippen LogP contribution in [0, 0.1) is 0 Å². The molecule has 0 aliphatic carbocycles. The van der Waals surface area contributed by atoms with Gasteiger partial charge in [-0.2, -0.15) is 0 Å². The second-order valence-electron chi connectivity index (χ2n) is 7.56. The van der Waals surface area contributed by atoms with Gasteiger partial charge in [-0.25, -0.2) is 19.1 Å². The number of benzene rings is 1. The van der Waals surface area contributed by atoms with Crippen LogP contribution in [0.5, 0.6) is 5.75 Å². The molecule has 12 nitrogen and oxygen atoms in total. The molecule has 3 heterocycles. The van der Waals surface area contributed by atoms with Crippen LogP contribution in [0.2, 0.25) is 0 Å². The minimum atomic E-state index is -0.382. The summed E-state index contributed by atoms with van der Waals surface area (Å²) in [5.41, 5.74) is 19.9. The maximum absolute atomic E-state index is 12.9. The van der Waals surface area contributed by atoms with E-state index >= 15 is 0 Å². The Morgan fingerprint density at radius 2 is 2.09 bits per heavy atom. The van der Waals surface area contributed by atoms with Crippen LogP contribution in [0.25, 0.3) is 22.2 Å². The zero-order valence-electron chi connectivity index (χ0n) is 19.2. The number of H-pyrrole nitrogens is 1. The van der Waals surface area contributed by atoms with Crippen molar-refractivity contribution < 1.29 is 14.1 Å². The number of hydrogen-bond donors (Lipinski definition) is 5. The molecule has 4 rings (SSSR count). The van der Waals surface area contributed by atoms with Gasteiger partial charge < -0.3 is 32.2 Å². The number of ether oxygens (including phenoxy) is 1. The molecule has 0 aliphatic rings. The number of anilines is 1. The second kappa shape index (κ2) is 9.65. The summed E-state index contributed by atoms with van der Waals surface area (Å²) in [5.74, 6) is 1.39. The van der Waals surface area contributed by atoms with Crippen LogP contribution in [-0.2, 0) is 19.6 Å². The average molecular weight is 466 g/mol. The lowest BCUT2D eigenvalue weighted by Crippen LogP contribution is -2.40. The zero-order chi connectivity index (χ0) is 24.2. The number of nitrogens with two attached hydrogens (primary N) is 3. The molecule has 0 atom stereocenters. The molecule has 4 aromatic rings. The van der Waals surface area contributed by atoms with Gasteiger partial charge in [0, 0.05) is 12.3 Å². The van der Waals surface area contributed by atoms with E-state index in [2.05, 4.69) is 48.2 Å². The molecule has 178 valence electrons. The van der Waals surface area contributed by atoms with Crippen molar-refractivity contribution in [2.75, 3.05) is 18.9 Å². The maximum atomic E-state index is 12.9. The van der Waals surface area contributed by atoms with E-state index < -0.39 is 0 Å². The van der Waals surface area contributed by atoms with E-state index in [-0.39, 0.29) is 23.4 Å². The molecule has 1 amide bonds. The highest BCUT2D eigenvalue weighted by Crippen LogP contribution is 2.22. The van der Waals surface area contributed by atoms with Gasteiger partial charge in [-0.05, 0) is 32.0 Å². The van der Waals surface area contributed by atoms with Gasteiger partial charge >= 0.3 is 0 Å². The third-order valence-electron chi connectivity index (χ3n) is 5.47. The predicted molar refractivity (Wildman–Crippen MR) is 129 cm³/mol. The van der Waals surface area contributed by atoms with Gasteiger partial charge in [-0.15, -0.1) is 0 Å². The molecule has 0 spiro atoms. The standard InChI is InChI=1S/C22H28N10O2/c1-3-31-15-6-5-13(34-10-9-27-22(24)25)11-16(15)32(4-2)17(31)12-28-21(33)18-19(23)30-20-14(29-18)7-8-26-20/h5-8,11H,3-4,9-10,12H2,1-2H3,(H7-,23,24,25,26,27,28,29,30,33)/p+1. The predicted octanol–water partition coefficient (Wildman–Crippen LogP) is 0.404. The molecule has 0 fully saturated rings. The zero-order valence-corrected chi connectivity index (χ0v) is 19.2. The normalized spacial score (nSPS) is 11.1. The number of fused-ring (bicyclic) bond motifs is 2. The summed E-state index contributed by atoms with van der Waals surface area (Å²) in [6.07, 6.45) is 1.70. The van der Waals surface area contributed by atoms with Crippen molar-refractivity contribution in [1.29, 1.82) is 0 Å². The molecule has 0 radical (unpaired) electrons. The Kier molecular flexibility index (Phi) is 6.48. The van der Waals surface area contributed by atoms with E-state index in [1.165, 1.54) is 0 Å². The van der Waals surface area contributed by atoms with Crippen LogP contribution in [0.3, 0.4) is 0 Å². The number of aliphatic imine (C=N–C) groups is 1. The monoisotopic (exact) mass is 465 g/mol. The van der Waals surface area contributed by atoms with Crippen LogP contribution in [-0.4, -0.2) is 44.5 Å². The molecule has 34 heavy (non-hydrogen) atoms. The quantitative estimate of drug-likeness (QED) is 0.103. The lowest BCUT2D eigenvalue weighted by atomic mass is 10.3. The van der Waals surface area contributed by atoms with Crippen LogP contribution in [0.1, 0.15) is 30.2 Å². The largest absolute Gasteiger partial charge is 0.491 e. The summed E-state index contributed by atoms with van der Waals surface area (Å²) in [7, 11) is 0. The fourth-order valence-electron chi connectivity index (χ4n) is 3.99. The number of nitrogen functional groups attached to an aromatic ring is 1. The number of nitrogens with zero attached hydrogens (tertiary/aromatic N) is 5. The maximum Gasteiger partial charge on any atom is 0.277 e. The summed E-state index contributed by atoms with van der Waals surface area (Å²) in [4.78, 5) is 28.3. The Morgan fingerprint density at radius 3 is 2.82 bits per heavy atom. The smallest absolute Gasteiger partial charge is 0.277 e. The number of hydrogen-bond acceptors (Lipinski definition) is 6. The Morgan fingerprint density at radius 1 is 1.26 bits per heavy atom. The molecule has 12 heteroatoms. The highest BCUT2D eigenvalue weighted by atomic mass is 16.5. The summed E-state index contributed by atoms with van der Waals surface area (Å²) in [6, 6.07) is 7.65. The van der Waals surface area contributed by atoms with E-state index in [0.29, 0.717) is 43.2 Å². The van der Waals surface area contributed by atoms with Gasteiger partial charge in [-0.3, -0.25) is 9.79 Å². The summed E-state index contributed by atoms with van der Waals surface area (Å²) < 4.78 is 10.1. The van der Waals surface area contributed by atoms with E-state index in [0.717, 1.165) is 23.4 Å². The number of rotatable bonds is 9. The Hall–Kier alpha value is -4.35. The van der Waals surface area contributed by atoms with Crippen molar-refractivity contribution in [2.24, 2.45) is 16.5 Å². The molecular weight excluding hydrogens is 436 g/mol. The first-order chi connectivity index (χ1) is 16.4. The lowest BCUT2D eigenvalue weighted by molar-refractivity contribution is -0.676. The number of carbonyl (C=O) groups is 1. The molecule has 3 aromatic heterocycles. The fraction of sp³-hybridized carbons (Fsp3) is 0.318. The van der Waals surface area contributed by atoms with Crippen molar-refractivity contribution in [2.45, 2.75) is 33.5 Å². The highest BCUT2D eigenvalue weighted by molar-refractivity contribution is 5.98. The van der Waals surface area contributed by atoms with Crippen molar-refractivity contribution >= 4 is 39.9 Å². The Bertz CT molecular complexity index is 1370. The number of carbonyl (C=O) groups excluding carboxylic acids is 1. The van der Waals surface area contributed by atoms with Gasteiger partial charge in [0.15, 0.2) is 34.2 Å². The van der Waals surface area contributed by atoms with Crippen molar-refractivity contribution in [1.82, 2.24) is 24.8 Å². The first-order valence-corrected chi connectivity index (χ1v) is 11.0. The molecule has 0 unspecified atom stereocenters. The first kappa shape index (κ1) is 22.8. The van der Waals surface area contributed by atoms with Crippen LogP contribution in [0.15, 0.2) is 35.5 Å². The molecule has 0 bridgehead atoms. The Labute approximate surface area is 195 Å². The molecule has 1 aromatic carbocycles. The lowest BCUT2D eigenvalue weighted by Gasteiger charge is -2.07. The number of imidazole rings is 1. The van der Waals surface area contributed by atoms with Gasteiger partial charge in [0.05, 0.1) is 19.6 Å². The van der Waals surface area contributed by atoms with Gasteiger partial charge in [0.1, 0.15) is 24.4 Å². The third kappa shape index (κ3) is 4.42. The summed E-state index contributed by atoms with van der Waals surface area (Å²) in [5, 5.41) is 2.95. The molecule has 0 saturated heterocycles. The molecule has 0 aliphatic heterocycles. The SMILES string of the molecule is CCn1c(CNC(=O)c2nc3cc[nH]c3nc2N)[n+](CC)c2ccc(OCCN=C(N)N)cc21. The molecule has 0 saturated carbocycles. The molecular formula is C22H29N10O2+. The third-order valence-corrected chi connectivity index (χ3v) is 5.47. The van der Waals surface area contributed by atoms with E-state index in [9.17, 15) is 4.79 Å². The van der Waals surface area contributed by atoms with Gasteiger partial charge in [0.2, 0.25) is 0 Å². The number of nitrogens with one attached hydrogen (secondary N) is 2. The fourth-order valence-corrected chi connectivity index (χ4v) is 3.99. The number of aryl methyl sites for hydroxylation is 2. The van der Waals surface area contributed by atoms with Gasteiger partial charge in [-0.1, -0.05) is 0 Å². The van der Waals surface area contributed by atoms with Gasteiger partial charge in [0.25, 0.3) is 11.7 Å². The summed E-state index contributed by atoms with van der Waals surface area (Å²) >= 11 is 0. The van der Waals surface area contributed by atoms with Crippen molar-refractivity contribution in [3.05, 3.63) is 42.0 Å². The van der Waals surface area contributed by atoms with E-state index in [4.69, 9.17) is 21.9 Å². The topological polar surface area (TPSA) is 179 Å². The van der Waals surface area contributed by atoms with Crippen LogP contribution < -0.4 is 31.8 Å². The second-order valence-corrected chi connectivity index (χ2v) is 7.56. The number of aromatic amines is 1. The number of amides is 1. The van der Waals surface area contributed by atoms with Crippen LogP contribution >= 0.6 is 0 Å². The average Bonchev–Trinajstić information content (AvgIpc) is 3.39.